The molecule has 0 aliphatic carbocycles. The Hall–Kier alpha value is -2.73. The lowest BCUT2D eigenvalue weighted by Gasteiger charge is -2.34. The van der Waals surface area contributed by atoms with Crippen molar-refractivity contribution in [3.8, 4) is 11.5 Å². The predicted octanol–water partition coefficient (Wildman–Crippen LogP) is 5.84. The number of carbonyl (C=O) groups excluding carboxylic acids is 1. The molecule has 2 aliphatic heterocycles. The molecule has 2 heterocycles. The Bertz CT molecular complexity index is 929. The van der Waals surface area contributed by atoms with E-state index in [9.17, 15) is 4.79 Å². The number of fused-ring (bicyclic) bond motifs is 1. The molecule has 1 N–H and O–H groups in total. The van der Waals surface area contributed by atoms with Crippen LogP contribution in [0.3, 0.4) is 0 Å². The summed E-state index contributed by atoms with van der Waals surface area (Å²) in [6.07, 6.45) is 4.83. The van der Waals surface area contributed by atoms with Gasteiger partial charge in [-0.2, -0.15) is 0 Å². The number of nitrogens with one attached hydrogen (secondary N) is 1. The highest BCUT2D eigenvalue weighted by atomic mass is 16.7. The zero-order chi connectivity index (χ0) is 23.2. The molecule has 2 aliphatic rings. The van der Waals surface area contributed by atoms with E-state index in [0.29, 0.717) is 25.0 Å². The Morgan fingerprint density at radius 2 is 1.91 bits per heavy atom. The van der Waals surface area contributed by atoms with Crippen LogP contribution < -0.4 is 14.8 Å². The summed E-state index contributed by atoms with van der Waals surface area (Å²) >= 11 is 0. The zero-order valence-electron chi connectivity index (χ0n) is 20.2. The van der Waals surface area contributed by atoms with Crippen LogP contribution in [0.1, 0.15) is 63.5 Å². The molecule has 0 bridgehead atoms. The van der Waals surface area contributed by atoms with Gasteiger partial charge in [-0.3, -0.25) is 0 Å². The molecular weight excluding hydrogens is 414 g/mol. The Kier molecular flexibility index (Phi) is 7.76. The average Bonchev–Trinajstić information content (AvgIpc) is 3.28. The van der Waals surface area contributed by atoms with E-state index >= 15 is 0 Å². The summed E-state index contributed by atoms with van der Waals surface area (Å²) < 4.78 is 11.0. The van der Waals surface area contributed by atoms with Gasteiger partial charge in [0.05, 0.1) is 0 Å². The number of hydrogen-bond acceptors (Lipinski definition) is 4. The first kappa shape index (κ1) is 23.4. The van der Waals surface area contributed by atoms with Crippen LogP contribution in [-0.2, 0) is 6.54 Å². The largest absolute Gasteiger partial charge is 0.454 e. The number of nitrogens with zero attached hydrogens (tertiary/aromatic N) is 2. The lowest BCUT2D eigenvalue weighted by molar-refractivity contribution is 0.150. The smallest absolute Gasteiger partial charge is 0.322 e. The van der Waals surface area contributed by atoms with Crippen LogP contribution in [0.25, 0.3) is 0 Å². The highest BCUT2D eigenvalue weighted by molar-refractivity contribution is 5.89. The Morgan fingerprint density at radius 3 is 2.67 bits per heavy atom. The second-order valence-corrected chi connectivity index (χ2v) is 9.55. The van der Waals surface area contributed by atoms with Crippen molar-refractivity contribution in [3.05, 3.63) is 53.6 Å². The van der Waals surface area contributed by atoms with E-state index in [4.69, 9.17) is 9.47 Å². The molecule has 6 nitrogen and oxygen atoms in total. The standard InChI is InChI=1S/C27H37N3O3/c1-20(2)23-9-11-24(12-10-23)28-27(31)30(16-6-15-29-14-5-4-7-21(29)3)18-22-8-13-25-26(17-22)33-19-32-25/h8-13,17,20-21H,4-7,14-16,18-19H2,1-3H3,(H,28,31). The fourth-order valence-corrected chi connectivity index (χ4v) is 4.62. The molecule has 2 aromatic rings. The predicted molar refractivity (Wildman–Crippen MR) is 132 cm³/mol. The molecule has 0 radical (unpaired) electrons. The van der Waals surface area contributed by atoms with Crippen molar-refractivity contribution in [3.63, 3.8) is 0 Å². The molecule has 178 valence electrons. The maximum Gasteiger partial charge on any atom is 0.322 e. The molecule has 4 rings (SSSR count). The first-order valence-electron chi connectivity index (χ1n) is 12.3. The SMILES string of the molecule is CC(C)c1ccc(NC(=O)N(CCCN2CCCCC2C)Cc2ccc3c(c2)OCO3)cc1. The quantitative estimate of drug-likeness (QED) is 0.548. The van der Waals surface area contributed by atoms with Gasteiger partial charge in [0.1, 0.15) is 0 Å². The Labute approximate surface area is 197 Å². The minimum atomic E-state index is -0.0725. The van der Waals surface area contributed by atoms with Gasteiger partial charge in [0.2, 0.25) is 6.79 Å². The third-order valence-electron chi connectivity index (χ3n) is 6.74. The van der Waals surface area contributed by atoms with Crippen molar-refractivity contribution in [1.29, 1.82) is 0 Å². The van der Waals surface area contributed by atoms with Gasteiger partial charge in [-0.05, 0) is 74.0 Å². The van der Waals surface area contributed by atoms with E-state index in [1.807, 2.05) is 35.2 Å². The lowest BCUT2D eigenvalue weighted by Crippen LogP contribution is -2.40. The summed E-state index contributed by atoms with van der Waals surface area (Å²) in [4.78, 5) is 17.7. The number of rotatable bonds is 8. The molecule has 1 atom stereocenters. The Morgan fingerprint density at radius 1 is 1.12 bits per heavy atom. The van der Waals surface area contributed by atoms with Crippen LogP contribution in [0.2, 0.25) is 0 Å². The molecule has 0 spiro atoms. The monoisotopic (exact) mass is 451 g/mol. The molecular formula is C27H37N3O3. The van der Waals surface area contributed by atoms with Crippen LogP contribution in [0, 0.1) is 0 Å². The van der Waals surface area contributed by atoms with Crippen molar-refractivity contribution < 1.29 is 14.3 Å². The van der Waals surface area contributed by atoms with Crippen molar-refractivity contribution in [2.75, 3.05) is 31.7 Å². The maximum atomic E-state index is 13.3. The number of hydrogen-bond donors (Lipinski definition) is 1. The first-order valence-corrected chi connectivity index (χ1v) is 12.3. The van der Waals surface area contributed by atoms with Gasteiger partial charge in [0, 0.05) is 31.4 Å². The summed E-state index contributed by atoms with van der Waals surface area (Å²) in [5, 5.41) is 3.10. The number of anilines is 1. The summed E-state index contributed by atoms with van der Waals surface area (Å²) in [5.74, 6) is 1.98. The van der Waals surface area contributed by atoms with Crippen molar-refractivity contribution >= 4 is 11.7 Å². The first-order chi connectivity index (χ1) is 16.0. The number of piperidine rings is 1. The van der Waals surface area contributed by atoms with Gasteiger partial charge < -0.3 is 24.6 Å². The molecule has 2 amide bonds. The van der Waals surface area contributed by atoms with Crippen molar-refractivity contribution in [2.24, 2.45) is 0 Å². The van der Waals surface area contributed by atoms with Gasteiger partial charge >= 0.3 is 6.03 Å². The lowest BCUT2D eigenvalue weighted by atomic mass is 10.0. The van der Waals surface area contributed by atoms with E-state index in [0.717, 1.165) is 42.3 Å². The van der Waals surface area contributed by atoms with Gasteiger partial charge in [0.15, 0.2) is 11.5 Å². The van der Waals surface area contributed by atoms with Crippen LogP contribution in [0.4, 0.5) is 10.5 Å². The molecule has 1 saturated heterocycles. The van der Waals surface area contributed by atoms with Crippen molar-refractivity contribution in [1.82, 2.24) is 9.80 Å². The van der Waals surface area contributed by atoms with Crippen LogP contribution in [0.5, 0.6) is 11.5 Å². The molecule has 2 aromatic carbocycles. The summed E-state index contributed by atoms with van der Waals surface area (Å²) in [5.41, 5.74) is 3.13. The zero-order valence-corrected chi connectivity index (χ0v) is 20.2. The maximum absolute atomic E-state index is 13.3. The molecule has 1 unspecified atom stereocenters. The molecule has 33 heavy (non-hydrogen) atoms. The third-order valence-corrected chi connectivity index (χ3v) is 6.74. The van der Waals surface area contributed by atoms with Crippen molar-refractivity contribution in [2.45, 2.75) is 65.0 Å². The number of likely N-dealkylation sites (tertiary alicyclic amines) is 1. The second-order valence-electron chi connectivity index (χ2n) is 9.55. The van der Waals surface area contributed by atoms with E-state index in [-0.39, 0.29) is 12.8 Å². The molecule has 0 saturated carbocycles. The van der Waals surface area contributed by atoms with E-state index in [1.54, 1.807) is 0 Å². The average molecular weight is 452 g/mol. The summed E-state index contributed by atoms with van der Waals surface area (Å²) in [6, 6.07) is 14.6. The van der Waals surface area contributed by atoms with Gasteiger partial charge in [-0.1, -0.05) is 38.5 Å². The normalized spacial score (nSPS) is 17.9. The third kappa shape index (κ3) is 6.20. The van der Waals surface area contributed by atoms with Gasteiger partial charge in [0.25, 0.3) is 0 Å². The number of carbonyl (C=O) groups is 1. The second kappa shape index (κ2) is 10.9. The summed E-state index contributed by atoms with van der Waals surface area (Å²) in [7, 11) is 0. The van der Waals surface area contributed by atoms with E-state index < -0.39 is 0 Å². The van der Waals surface area contributed by atoms with E-state index in [1.165, 1.54) is 24.8 Å². The minimum Gasteiger partial charge on any atom is -0.454 e. The topological polar surface area (TPSA) is 54.0 Å². The van der Waals surface area contributed by atoms with Gasteiger partial charge in [-0.25, -0.2) is 4.79 Å². The molecule has 1 fully saturated rings. The fraction of sp³-hybridized carbons (Fsp3) is 0.519. The van der Waals surface area contributed by atoms with Gasteiger partial charge in [-0.15, -0.1) is 0 Å². The number of benzene rings is 2. The number of urea groups is 1. The summed E-state index contributed by atoms with van der Waals surface area (Å²) in [6.45, 7) is 10.3. The van der Waals surface area contributed by atoms with E-state index in [2.05, 4.69) is 43.1 Å². The molecule has 6 heteroatoms. The number of ether oxygens (including phenoxy) is 2. The molecule has 0 aromatic heterocycles. The van der Waals surface area contributed by atoms with Crippen LogP contribution in [-0.4, -0.2) is 48.3 Å². The highest BCUT2D eigenvalue weighted by Crippen LogP contribution is 2.33. The van der Waals surface area contributed by atoms with Crippen LogP contribution in [0.15, 0.2) is 42.5 Å². The fourth-order valence-electron chi connectivity index (χ4n) is 4.62. The Balaban J connectivity index is 1.41. The highest BCUT2D eigenvalue weighted by Gasteiger charge is 2.20. The number of amides is 2. The van der Waals surface area contributed by atoms with Crippen LogP contribution >= 0.6 is 0 Å². The minimum absolute atomic E-state index is 0.0725.